The molecule has 0 aromatic heterocycles. The van der Waals surface area contributed by atoms with Crippen molar-refractivity contribution in [2.45, 2.75) is 38.8 Å². The van der Waals surface area contributed by atoms with E-state index in [0.717, 1.165) is 12.8 Å². The molecular formula is C14H22N2O2. The van der Waals surface area contributed by atoms with Crippen LogP contribution in [0.2, 0.25) is 0 Å². The van der Waals surface area contributed by atoms with Crippen LogP contribution in [0, 0.1) is 0 Å². The molecule has 0 aliphatic rings. The zero-order valence-electron chi connectivity index (χ0n) is 11.0. The Morgan fingerprint density at radius 3 is 2.39 bits per heavy atom. The lowest BCUT2D eigenvalue weighted by molar-refractivity contribution is 0.217. The van der Waals surface area contributed by atoms with Gasteiger partial charge in [-0.15, -0.1) is 0 Å². The summed E-state index contributed by atoms with van der Waals surface area (Å²) in [6.07, 6.45) is 1.84. The Balaban J connectivity index is 2.25. The Labute approximate surface area is 108 Å². The van der Waals surface area contributed by atoms with Crippen LogP contribution in [-0.4, -0.2) is 29.8 Å². The van der Waals surface area contributed by atoms with Gasteiger partial charge in [-0.25, -0.2) is 4.79 Å². The van der Waals surface area contributed by atoms with Crippen molar-refractivity contribution in [2.24, 2.45) is 0 Å². The van der Waals surface area contributed by atoms with Crippen molar-refractivity contribution in [1.29, 1.82) is 0 Å². The third-order valence-electron chi connectivity index (χ3n) is 2.74. The second kappa shape index (κ2) is 7.71. The highest BCUT2D eigenvalue weighted by molar-refractivity contribution is 5.74. The summed E-state index contributed by atoms with van der Waals surface area (Å²) in [5, 5.41) is 14.3. The topological polar surface area (TPSA) is 61.4 Å². The molecule has 0 spiro atoms. The molecule has 4 nitrogen and oxygen atoms in total. The lowest BCUT2D eigenvalue weighted by Gasteiger charge is -2.17. The molecule has 0 saturated heterocycles. The lowest BCUT2D eigenvalue weighted by Crippen LogP contribution is -2.45. The van der Waals surface area contributed by atoms with Crippen LogP contribution < -0.4 is 10.6 Å². The fourth-order valence-corrected chi connectivity index (χ4v) is 1.63. The second-order valence-corrected chi connectivity index (χ2v) is 4.63. The SMILES string of the molecule is CC(CCc1ccccc1)NC(=O)N[C@@H](C)CO. The third kappa shape index (κ3) is 5.68. The first-order valence-corrected chi connectivity index (χ1v) is 6.33. The first kappa shape index (κ1) is 14.5. The molecule has 0 aliphatic heterocycles. The predicted octanol–water partition coefficient (Wildman–Crippen LogP) is 1.69. The number of carbonyl (C=O) groups excluding carboxylic acids is 1. The summed E-state index contributed by atoms with van der Waals surface area (Å²) in [5.41, 5.74) is 1.27. The van der Waals surface area contributed by atoms with Gasteiger partial charge in [0.15, 0.2) is 0 Å². The highest BCUT2D eigenvalue weighted by Crippen LogP contribution is 2.04. The van der Waals surface area contributed by atoms with E-state index in [1.165, 1.54) is 5.56 Å². The largest absolute Gasteiger partial charge is 0.394 e. The maximum absolute atomic E-state index is 11.5. The fraction of sp³-hybridized carbons (Fsp3) is 0.500. The van der Waals surface area contributed by atoms with Crippen molar-refractivity contribution in [2.75, 3.05) is 6.61 Å². The lowest BCUT2D eigenvalue weighted by atomic mass is 10.1. The van der Waals surface area contributed by atoms with Crippen molar-refractivity contribution >= 4 is 6.03 Å². The number of aliphatic hydroxyl groups excluding tert-OH is 1. The van der Waals surface area contributed by atoms with Gasteiger partial charge in [-0.2, -0.15) is 0 Å². The van der Waals surface area contributed by atoms with Crippen molar-refractivity contribution in [3.05, 3.63) is 35.9 Å². The molecule has 0 bridgehead atoms. The maximum atomic E-state index is 11.5. The van der Waals surface area contributed by atoms with Crippen LogP contribution in [0.4, 0.5) is 4.79 Å². The Morgan fingerprint density at radius 2 is 1.78 bits per heavy atom. The van der Waals surface area contributed by atoms with E-state index >= 15 is 0 Å². The van der Waals surface area contributed by atoms with E-state index in [-0.39, 0.29) is 24.7 Å². The molecule has 1 aromatic carbocycles. The minimum atomic E-state index is -0.225. The van der Waals surface area contributed by atoms with Crippen molar-refractivity contribution in [3.63, 3.8) is 0 Å². The van der Waals surface area contributed by atoms with Gasteiger partial charge in [0, 0.05) is 6.04 Å². The number of aliphatic hydroxyl groups is 1. The van der Waals surface area contributed by atoms with Gasteiger partial charge in [0.1, 0.15) is 0 Å². The standard InChI is InChI=1S/C14H22N2O2/c1-11(15-14(18)16-12(2)10-17)8-9-13-6-4-3-5-7-13/h3-7,11-12,17H,8-10H2,1-2H3,(H2,15,16,18)/t11?,12-/m0/s1. The summed E-state index contributed by atoms with van der Waals surface area (Å²) in [5.74, 6) is 0. The average Bonchev–Trinajstić information content (AvgIpc) is 2.37. The van der Waals surface area contributed by atoms with Crippen LogP contribution in [-0.2, 0) is 6.42 Å². The van der Waals surface area contributed by atoms with E-state index in [9.17, 15) is 4.79 Å². The molecule has 0 saturated carbocycles. The Bertz CT molecular complexity index is 354. The zero-order valence-corrected chi connectivity index (χ0v) is 11.0. The summed E-state index contributed by atoms with van der Waals surface area (Å²) in [6, 6.07) is 9.86. The Hall–Kier alpha value is -1.55. The summed E-state index contributed by atoms with van der Waals surface area (Å²) in [4.78, 5) is 11.5. The maximum Gasteiger partial charge on any atom is 0.315 e. The number of aryl methyl sites for hydroxylation is 1. The molecule has 0 heterocycles. The highest BCUT2D eigenvalue weighted by Gasteiger charge is 2.09. The van der Waals surface area contributed by atoms with E-state index in [1.807, 2.05) is 25.1 Å². The molecular weight excluding hydrogens is 228 g/mol. The molecule has 2 atom stereocenters. The van der Waals surface area contributed by atoms with E-state index < -0.39 is 0 Å². The van der Waals surface area contributed by atoms with E-state index in [1.54, 1.807) is 6.92 Å². The molecule has 0 aliphatic carbocycles. The molecule has 100 valence electrons. The number of rotatable bonds is 6. The van der Waals surface area contributed by atoms with Gasteiger partial charge in [-0.3, -0.25) is 0 Å². The van der Waals surface area contributed by atoms with Gasteiger partial charge < -0.3 is 15.7 Å². The summed E-state index contributed by atoms with van der Waals surface area (Å²) >= 11 is 0. The van der Waals surface area contributed by atoms with Crippen molar-refractivity contribution in [1.82, 2.24) is 10.6 Å². The first-order chi connectivity index (χ1) is 8.61. The van der Waals surface area contributed by atoms with E-state index in [4.69, 9.17) is 5.11 Å². The minimum absolute atomic E-state index is 0.0498. The molecule has 1 unspecified atom stereocenters. The zero-order chi connectivity index (χ0) is 13.4. The number of amides is 2. The van der Waals surface area contributed by atoms with E-state index in [0.29, 0.717) is 0 Å². The van der Waals surface area contributed by atoms with E-state index in [2.05, 4.69) is 22.8 Å². The van der Waals surface area contributed by atoms with Gasteiger partial charge in [0.25, 0.3) is 0 Å². The van der Waals surface area contributed by atoms with Crippen LogP contribution >= 0.6 is 0 Å². The van der Waals surface area contributed by atoms with Gasteiger partial charge in [-0.1, -0.05) is 30.3 Å². The van der Waals surface area contributed by atoms with Crippen LogP contribution in [0.3, 0.4) is 0 Å². The summed E-state index contributed by atoms with van der Waals surface area (Å²) in [7, 11) is 0. The summed E-state index contributed by atoms with van der Waals surface area (Å²) in [6.45, 7) is 3.69. The monoisotopic (exact) mass is 250 g/mol. The van der Waals surface area contributed by atoms with Gasteiger partial charge in [0.05, 0.1) is 12.6 Å². The number of hydrogen-bond donors (Lipinski definition) is 3. The van der Waals surface area contributed by atoms with Gasteiger partial charge in [-0.05, 0) is 32.3 Å². The molecule has 4 heteroatoms. The number of carbonyl (C=O) groups is 1. The molecule has 0 radical (unpaired) electrons. The van der Waals surface area contributed by atoms with Crippen molar-refractivity contribution < 1.29 is 9.90 Å². The van der Waals surface area contributed by atoms with Gasteiger partial charge in [0.2, 0.25) is 0 Å². The number of benzene rings is 1. The molecule has 1 rings (SSSR count). The van der Waals surface area contributed by atoms with Crippen LogP contribution in [0.15, 0.2) is 30.3 Å². The highest BCUT2D eigenvalue weighted by atomic mass is 16.3. The molecule has 0 fully saturated rings. The quantitative estimate of drug-likeness (QED) is 0.719. The Kier molecular flexibility index (Phi) is 6.22. The van der Waals surface area contributed by atoms with Gasteiger partial charge >= 0.3 is 6.03 Å². The van der Waals surface area contributed by atoms with Crippen LogP contribution in [0.1, 0.15) is 25.8 Å². The van der Waals surface area contributed by atoms with Crippen LogP contribution in [0.25, 0.3) is 0 Å². The average molecular weight is 250 g/mol. The Morgan fingerprint density at radius 1 is 1.17 bits per heavy atom. The molecule has 3 N–H and O–H groups in total. The molecule has 18 heavy (non-hydrogen) atoms. The number of nitrogens with one attached hydrogen (secondary N) is 2. The fourth-order valence-electron chi connectivity index (χ4n) is 1.63. The van der Waals surface area contributed by atoms with Crippen LogP contribution in [0.5, 0.6) is 0 Å². The molecule has 1 aromatic rings. The third-order valence-corrected chi connectivity index (χ3v) is 2.74. The minimum Gasteiger partial charge on any atom is -0.394 e. The van der Waals surface area contributed by atoms with Crippen molar-refractivity contribution in [3.8, 4) is 0 Å². The predicted molar refractivity (Wildman–Crippen MR) is 72.4 cm³/mol. The number of urea groups is 1. The normalized spacial score (nSPS) is 13.7. The summed E-state index contributed by atoms with van der Waals surface area (Å²) < 4.78 is 0. The molecule has 2 amide bonds. The second-order valence-electron chi connectivity index (χ2n) is 4.63. The smallest absolute Gasteiger partial charge is 0.315 e. The number of hydrogen-bond acceptors (Lipinski definition) is 2. The first-order valence-electron chi connectivity index (χ1n) is 6.33.